The van der Waals surface area contributed by atoms with Crippen molar-refractivity contribution < 1.29 is 14.3 Å². The standard InChI is InChI=1S/C11H14ClNO3/c1-2-15-7-8-16-11(14)13-10-6-4-3-5-9(10)12/h3-6H,2,7-8H2,1H3,(H,13,14). The molecule has 0 saturated carbocycles. The summed E-state index contributed by atoms with van der Waals surface area (Å²) in [6.07, 6.45) is -0.534. The van der Waals surface area contributed by atoms with Crippen LogP contribution in [0.25, 0.3) is 0 Å². The normalized spacial score (nSPS) is 9.88. The Kier molecular flexibility index (Phi) is 5.67. The van der Waals surface area contributed by atoms with Crippen molar-refractivity contribution in [3.63, 3.8) is 0 Å². The number of hydrogen-bond donors (Lipinski definition) is 1. The van der Waals surface area contributed by atoms with Crippen LogP contribution in [0.5, 0.6) is 0 Å². The van der Waals surface area contributed by atoms with E-state index in [1.165, 1.54) is 0 Å². The molecule has 0 heterocycles. The van der Waals surface area contributed by atoms with Crippen molar-refractivity contribution in [2.75, 3.05) is 25.1 Å². The first-order valence-electron chi connectivity index (χ1n) is 5.00. The zero-order chi connectivity index (χ0) is 11.8. The Morgan fingerprint density at radius 3 is 2.81 bits per heavy atom. The van der Waals surface area contributed by atoms with Crippen molar-refractivity contribution in [3.8, 4) is 0 Å². The molecule has 0 radical (unpaired) electrons. The molecule has 4 nitrogen and oxygen atoms in total. The Hall–Kier alpha value is -1.26. The summed E-state index contributed by atoms with van der Waals surface area (Å²) < 4.78 is 9.90. The Morgan fingerprint density at radius 1 is 1.38 bits per heavy atom. The van der Waals surface area contributed by atoms with Gasteiger partial charge in [0.2, 0.25) is 0 Å². The molecule has 0 fully saturated rings. The molecule has 88 valence electrons. The highest BCUT2D eigenvalue weighted by molar-refractivity contribution is 6.33. The number of carbonyl (C=O) groups is 1. The van der Waals surface area contributed by atoms with Crippen LogP contribution in [-0.4, -0.2) is 25.9 Å². The van der Waals surface area contributed by atoms with E-state index in [9.17, 15) is 4.79 Å². The molecule has 1 aromatic rings. The average molecular weight is 244 g/mol. The summed E-state index contributed by atoms with van der Waals surface area (Å²) >= 11 is 5.86. The summed E-state index contributed by atoms with van der Waals surface area (Å²) in [5.41, 5.74) is 0.533. The van der Waals surface area contributed by atoms with E-state index < -0.39 is 6.09 Å². The third-order valence-electron chi connectivity index (χ3n) is 1.78. The van der Waals surface area contributed by atoms with E-state index in [1.807, 2.05) is 6.92 Å². The predicted octanol–water partition coefficient (Wildman–Crippen LogP) is 2.93. The van der Waals surface area contributed by atoms with E-state index in [-0.39, 0.29) is 6.61 Å². The van der Waals surface area contributed by atoms with Gasteiger partial charge in [-0.1, -0.05) is 23.7 Å². The number of nitrogens with one attached hydrogen (secondary N) is 1. The molecule has 0 unspecified atom stereocenters. The zero-order valence-corrected chi connectivity index (χ0v) is 9.79. The highest BCUT2D eigenvalue weighted by atomic mass is 35.5. The summed E-state index contributed by atoms with van der Waals surface area (Å²) in [4.78, 5) is 11.3. The molecular weight excluding hydrogens is 230 g/mol. The number of amides is 1. The first kappa shape index (κ1) is 12.8. The van der Waals surface area contributed by atoms with Gasteiger partial charge in [0.05, 0.1) is 17.3 Å². The zero-order valence-electron chi connectivity index (χ0n) is 9.03. The maximum absolute atomic E-state index is 11.3. The lowest BCUT2D eigenvalue weighted by Crippen LogP contribution is -2.16. The number of carbonyl (C=O) groups excluding carboxylic acids is 1. The average Bonchev–Trinajstić information content (AvgIpc) is 2.28. The van der Waals surface area contributed by atoms with Crippen molar-refractivity contribution >= 4 is 23.4 Å². The molecule has 0 atom stereocenters. The van der Waals surface area contributed by atoms with Crippen molar-refractivity contribution in [3.05, 3.63) is 29.3 Å². The Balaban J connectivity index is 2.32. The molecule has 0 aliphatic carbocycles. The largest absolute Gasteiger partial charge is 0.447 e. The van der Waals surface area contributed by atoms with Crippen LogP contribution in [0.2, 0.25) is 5.02 Å². The number of benzene rings is 1. The predicted molar refractivity (Wildman–Crippen MR) is 62.9 cm³/mol. The van der Waals surface area contributed by atoms with Gasteiger partial charge in [0.1, 0.15) is 6.61 Å². The topological polar surface area (TPSA) is 47.6 Å². The summed E-state index contributed by atoms with van der Waals surface area (Å²) in [7, 11) is 0. The van der Waals surface area contributed by atoms with E-state index in [0.717, 1.165) is 0 Å². The molecule has 0 aliphatic rings. The van der Waals surface area contributed by atoms with Crippen LogP contribution in [0.3, 0.4) is 0 Å². The van der Waals surface area contributed by atoms with Crippen LogP contribution in [0, 0.1) is 0 Å². The lowest BCUT2D eigenvalue weighted by molar-refractivity contribution is 0.0850. The van der Waals surface area contributed by atoms with Gasteiger partial charge in [-0.15, -0.1) is 0 Å². The lowest BCUT2D eigenvalue weighted by Gasteiger charge is -2.07. The molecule has 0 spiro atoms. The number of ether oxygens (including phenoxy) is 2. The fraction of sp³-hybridized carbons (Fsp3) is 0.364. The van der Waals surface area contributed by atoms with Crippen LogP contribution in [0.1, 0.15) is 6.92 Å². The van der Waals surface area contributed by atoms with Crippen molar-refractivity contribution in [2.24, 2.45) is 0 Å². The number of anilines is 1. The monoisotopic (exact) mass is 243 g/mol. The molecule has 1 aromatic carbocycles. The van der Waals surface area contributed by atoms with Gasteiger partial charge < -0.3 is 9.47 Å². The van der Waals surface area contributed by atoms with Gasteiger partial charge in [0, 0.05) is 6.61 Å². The Bertz CT molecular complexity index is 344. The van der Waals surface area contributed by atoms with Gasteiger partial charge >= 0.3 is 6.09 Å². The molecule has 0 saturated heterocycles. The second-order valence-corrected chi connectivity index (χ2v) is 3.34. The maximum atomic E-state index is 11.3. The smallest absolute Gasteiger partial charge is 0.411 e. The van der Waals surface area contributed by atoms with E-state index in [4.69, 9.17) is 21.1 Å². The molecular formula is C11H14ClNO3. The molecule has 1 amide bonds. The van der Waals surface area contributed by atoms with Crippen LogP contribution in [-0.2, 0) is 9.47 Å². The lowest BCUT2D eigenvalue weighted by atomic mass is 10.3. The molecule has 1 rings (SSSR count). The summed E-state index contributed by atoms with van der Waals surface area (Å²) in [5.74, 6) is 0. The van der Waals surface area contributed by atoms with Crippen LogP contribution < -0.4 is 5.32 Å². The number of rotatable bonds is 5. The van der Waals surface area contributed by atoms with E-state index in [0.29, 0.717) is 23.9 Å². The van der Waals surface area contributed by atoms with Crippen LogP contribution in [0.4, 0.5) is 10.5 Å². The van der Waals surface area contributed by atoms with Gasteiger partial charge in [0.25, 0.3) is 0 Å². The second kappa shape index (κ2) is 7.09. The SMILES string of the molecule is CCOCCOC(=O)Nc1ccccc1Cl. The third-order valence-corrected chi connectivity index (χ3v) is 2.11. The van der Waals surface area contributed by atoms with Gasteiger partial charge in [-0.2, -0.15) is 0 Å². The number of halogens is 1. The quantitative estimate of drug-likeness (QED) is 0.809. The minimum Gasteiger partial charge on any atom is -0.447 e. The van der Waals surface area contributed by atoms with E-state index in [2.05, 4.69) is 5.32 Å². The van der Waals surface area contributed by atoms with Gasteiger partial charge in [-0.25, -0.2) is 4.79 Å². The molecule has 0 aliphatic heterocycles. The van der Waals surface area contributed by atoms with Crippen molar-refractivity contribution in [1.82, 2.24) is 0 Å². The van der Waals surface area contributed by atoms with Gasteiger partial charge in [-0.05, 0) is 19.1 Å². The van der Waals surface area contributed by atoms with Gasteiger partial charge in [0.15, 0.2) is 0 Å². The number of hydrogen-bond acceptors (Lipinski definition) is 3. The molecule has 16 heavy (non-hydrogen) atoms. The van der Waals surface area contributed by atoms with E-state index >= 15 is 0 Å². The minimum atomic E-state index is -0.534. The second-order valence-electron chi connectivity index (χ2n) is 2.94. The fourth-order valence-electron chi connectivity index (χ4n) is 1.05. The molecule has 0 bridgehead atoms. The summed E-state index contributed by atoms with van der Waals surface area (Å²) in [6, 6.07) is 6.96. The van der Waals surface area contributed by atoms with Crippen LogP contribution in [0.15, 0.2) is 24.3 Å². The maximum Gasteiger partial charge on any atom is 0.411 e. The summed E-state index contributed by atoms with van der Waals surface area (Å²) in [5, 5.41) is 3.01. The molecule has 1 N–H and O–H groups in total. The van der Waals surface area contributed by atoms with E-state index in [1.54, 1.807) is 24.3 Å². The highest BCUT2D eigenvalue weighted by Crippen LogP contribution is 2.20. The molecule has 5 heteroatoms. The highest BCUT2D eigenvalue weighted by Gasteiger charge is 2.05. The Morgan fingerprint density at radius 2 is 2.12 bits per heavy atom. The third kappa shape index (κ3) is 4.51. The Labute approximate surface area is 99.5 Å². The molecule has 0 aromatic heterocycles. The van der Waals surface area contributed by atoms with Gasteiger partial charge in [-0.3, -0.25) is 5.32 Å². The summed E-state index contributed by atoms with van der Waals surface area (Å²) in [6.45, 7) is 3.11. The van der Waals surface area contributed by atoms with Crippen LogP contribution >= 0.6 is 11.6 Å². The van der Waals surface area contributed by atoms with Crippen molar-refractivity contribution in [1.29, 1.82) is 0 Å². The first-order valence-corrected chi connectivity index (χ1v) is 5.38. The minimum absolute atomic E-state index is 0.226. The fourth-order valence-corrected chi connectivity index (χ4v) is 1.23. The number of para-hydroxylation sites is 1. The first-order chi connectivity index (χ1) is 7.74. The van der Waals surface area contributed by atoms with Crippen molar-refractivity contribution in [2.45, 2.75) is 6.92 Å².